The Morgan fingerprint density at radius 3 is 2.51 bits per heavy atom. The first-order chi connectivity index (χ1) is 21.4. The lowest BCUT2D eigenvalue weighted by Crippen LogP contribution is -2.51. The van der Waals surface area contributed by atoms with Crippen LogP contribution in [0.3, 0.4) is 0 Å². The Hall–Kier alpha value is -4.91. The number of aromatic amines is 1. The number of nitrogens with zero attached hydrogens (tertiary/aromatic N) is 2. The first kappa shape index (κ1) is 33.0. The van der Waals surface area contributed by atoms with Crippen LogP contribution in [0.4, 0.5) is 9.18 Å². The third-order valence-electron chi connectivity index (χ3n) is 6.76. The van der Waals surface area contributed by atoms with Crippen molar-refractivity contribution in [2.75, 3.05) is 20.3 Å². The van der Waals surface area contributed by atoms with Gasteiger partial charge in [0.1, 0.15) is 35.1 Å². The number of halogens is 1. The van der Waals surface area contributed by atoms with E-state index < -0.39 is 41.0 Å². The lowest BCUT2D eigenvalue weighted by molar-refractivity contribution is -0.126. The van der Waals surface area contributed by atoms with E-state index in [1.165, 1.54) is 31.8 Å². The van der Waals surface area contributed by atoms with Crippen LogP contribution in [0.5, 0.6) is 11.5 Å². The van der Waals surface area contributed by atoms with Crippen molar-refractivity contribution in [2.24, 2.45) is 0 Å². The molecule has 0 radical (unpaired) electrons. The van der Waals surface area contributed by atoms with Crippen molar-refractivity contribution in [1.29, 1.82) is 0 Å². The number of carbonyl (C=O) groups is 2. The molecule has 2 amide bonds. The van der Waals surface area contributed by atoms with Gasteiger partial charge in [0.25, 0.3) is 0 Å². The minimum atomic E-state index is -1.47. The molecule has 1 unspecified atom stereocenters. The number of ether oxygens (including phenoxy) is 3. The highest BCUT2D eigenvalue weighted by Gasteiger charge is 2.32. The molecule has 2 aromatic heterocycles. The molecule has 12 nitrogen and oxygen atoms in total. The number of methoxy groups -OCH3 is 1. The van der Waals surface area contributed by atoms with Gasteiger partial charge in [-0.1, -0.05) is 19.1 Å². The van der Waals surface area contributed by atoms with E-state index in [-0.39, 0.29) is 35.2 Å². The first-order valence-corrected chi connectivity index (χ1v) is 14.5. The average Bonchev–Trinajstić information content (AvgIpc) is 3.54. The van der Waals surface area contributed by atoms with Crippen LogP contribution in [0.25, 0.3) is 22.0 Å². The molecule has 0 saturated carbocycles. The first-order valence-electron chi connectivity index (χ1n) is 14.5. The Labute approximate surface area is 259 Å². The Morgan fingerprint density at radius 2 is 1.89 bits per heavy atom. The lowest BCUT2D eigenvalue weighted by Gasteiger charge is -2.25. The van der Waals surface area contributed by atoms with Crippen molar-refractivity contribution in [3.63, 3.8) is 0 Å². The van der Waals surface area contributed by atoms with Crippen LogP contribution >= 0.6 is 0 Å². The zero-order valence-corrected chi connectivity index (χ0v) is 25.8. The molecule has 0 saturated heterocycles. The van der Waals surface area contributed by atoms with E-state index in [1.54, 1.807) is 55.8 Å². The number of imidazole rings is 1. The second-order valence-corrected chi connectivity index (χ2v) is 11.3. The number of rotatable bonds is 12. The fraction of sp³-hybridized carbons (Fsp3) is 0.375. The Morgan fingerprint density at radius 1 is 1.16 bits per heavy atom. The number of benzene rings is 2. The summed E-state index contributed by atoms with van der Waals surface area (Å²) in [4.78, 5) is 46.2. The van der Waals surface area contributed by atoms with Crippen LogP contribution in [0, 0.1) is 5.82 Å². The van der Waals surface area contributed by atoms with E-state index in [2.05, 4.69) is 20.6 Å². The number of aromatic nitrogens is 3. The minimum Gasteiger partial charge on any atom is -0.497 e. The summed E-state index contributed by atoms with van der Waals surface area (Å²) in [5, 5.41) is 15.9. The van der Waals surface area contributed by atoms with Gasteiger partial charge in [0.05, 0.1) is 42.8 Å². The molecule has 2 atom stereocenters. The largest absolute Gasteiger partial charge is 0.497 e. The maximum atomic E-state index is 15.3. The van der Waals surface area contributed by atoms with Crippen molar-refractivity contribution in [3.05, 3.63) is 76.9 Å². The number of amides is 2. The number of pyridine rings is 1. The molecule has 2 heterocycles. The van der Waals surface area contributed by atoms with Crippen LogP contribution in [-0.4, -0.2) is 63.5 Å². The van der Waals surface area contributed by atoms with Crippen molar-refractivity contribution in [3.8, 4) is 22.6 Å². The summed E-state index contributed by atoms with van der Waals surface area (Å²) in [5.41, 5.74) is -0.134. The predicted octanol–water partition coefficient (Wildman–Crippen LogP) is 4.07. The van der Waals surface area contributed by atoms with E-state index in [4.69, 9.17) is 14.2 Å². The summed E-state index contributed by atoms with van der Waals surface area (Å²) < 4.78 is 33.4. The number of fused-ring (bicyclic) bond motifs is 1. The Kier molecular flexibility index (Phi) is 10.4. The predicted molar refractivity (Wildman–Crippen MR) is 166 cm³/mol. The van der Waals surface area contributed by atoms with Gasteiger partial charge >= 0.3 is 6.09 Å². The van der Waals surface area contributed by atoms with Gasteiger partial charge in [-0.05, 0) is 57.0 Å². The number of carbonyl (C=O) groups excluding carboxylic acids is 2. The lowest BCUT2D eigenvalue weighted by atomic mass is 10.0. The van der Waals surface area contributed by atoms with Crippen LogP contribution < -0.4 is 25.5 Å². The molecule has 0 aliphatic heterocycles. The molecule has 45 heavy (non-hydrogen) atoms. The third kappa shape index (κ3) is 7.98. The summed E-state index contributed by atoms with van der Waals surface area (Å²) >= 11 is 0. The average molecular weight is 624 g/mol. The molecule has 0 bridgehead atoms. The third-order valence-corrected chi connectivity index (χ3v) is 6.76. The fourth-order valence-electron chi connectivity index (χ4n) is 4.68. The van der Waals surface area contributed by atoms with E-state index in [0.717, 1.165) is 0 Å². The Bertz CT molecular complexity index is 1680. The topological polar surface area (TPSA) is 157 Å². The summed E-state index contributed by atoms with van der Waals surface area (Å²) in [6.45, 7) is 7.34. The van der Waals surface area contributed by atoms with Gasteiger partial charge in [0.15, 0.2) is 5.43 Å². The highest BCUT2D eigenvalue weighted by molar-refractivity contribution is 5.89. The zero-order valence-electron chi connectivity index (χ0n) is 25.8. The second kappa shape index (κ2) is 14.2. The maximum Gasteiger partial charge on any atom is 0.408 e. The summed E-state index contributed by atoms with van der Waals surface area (Å²) in [5.74, 6) is -0.512. The number of aliphatic hydroxyl groups excluding tert-OH is 1. The number of alkyl carbamates (subject to hydrolysis) is 1. The molecule has 0 aliphatic carbocycles. The van der Waals surface area contributed by atoms with Gasteiger partial charge in [0, 0.05) is 24.8 Å². The van der Waals surface area contributed by atoms with E-state index in [0.29, 0.717) is 30.1 Å². The monoisotopic (exact) mass is 623 g/mol. The molecule has 2 aromatic carbocycles. The summed E-state index contributed by atoms with van der Waals surface area (Å²) in [7, 11) is 1.53. The highest BCUT2D eigenvalue weighted by atomic mass is 19.1. The molecule has 240 valence electrons. The van der Waals surface area contributed by atoms with Gasteiger partial charge in [-0.3, -0.25) is 9.59 Å². The number of hydrogen-bond acceptors (Lipinski definition) is 8. The smallest absolute Gasteiger partial charge is 0.408 e. The number of hydrogen-bond donors (Lipinski definition) is 4. The van der Waals surface area contributed by atoms with E-state index in [9.17, 15) is 19.5 Å². The van der Waals surface area contributed by atoms with Gasteiger partial charge in [-0.25, -0.2) is 14.2 Å². The molecule has 0 fully saturated rings. The van der Waals surface area contributed by atoms with Crippen molar-refractivity contribution in [1.82, 2.24) is 25.2 Å². The zero-order chi connectivity index (χ0) is 32.7. The maximum absolute atomic E-state index is 15.3. The van der Waals surface area contributed by atoms with E-state index in [1.807, 2.05) is 6.92 Å². The van der Waals surface area contributed by atoms with Crippen LogP contribution in [0.1, 0.15) is 45.9 Å². The standard InChI is InChI=1S/C32H38FN5O7/c1-6-15-44-24-12-11-22(33)25-27(24)38(17-21(28(25)39)19-7-9-20(43-5)10-8-19)14-13-35-30(41)26(29(40)23-16-34-18-36-23)37-31(42)45-32(2,3)4/h7-12,16-18,26,29,40H,6,13-15H2,1-5H3,(H,34,36)(H,35,41)(H,37,42)/t26-,29?/m0/s1. The molecular formula is C32H38FN5O7. The quantitative estimate of drug-likeness (QED) is 0.184. The van der Waals surface area contributed by atoms with E-state index >= 15 is 4.39 Å². The number of H-pyrrole nitrogens is 1. The van der Waals surface area contributed by atoms with Crippen molar-refractivity contribution < 1.29 is 33.3 Å². The summed E-state index contributed by atoms with van der Waals surface area (Å²) in [6, 6.07) is 8.02. The molecule has 13 heteroatoms. The van der Waals surface area contributed by atoms with Crippen molar-refractivity contribution >= 4 is 22.9 Å². The molecule has 4 N–H and O–H groups in total. The Balaban J connectivity index is 1.67. The molecule has 0 aliphatic rings. The SMILES string of the molecule is CCCOc1ccc(F)c2c(=O)c(-c3ccc(OC)cc3)cn(CCNC(=O)[C@@H](NC(=O)OC(C)(C)C)C(O)c3cnc[nH]3)c12. The van der Waals surface area contributed by atoms with Gasteiger partial charge in [-0.2, -0.15) is 0 Å². The van der Waals surface area contributed by atoms with Crippen LogP contribution in [0.15, 0.2) is 59.9 Å². The number of nitrogens with one attached hydrogen (secondary N) is 3. The van der Waals surface area contributed by atoms with Crippen LogP contribution in [0.2, 0.25) is 0 Å². The fourth-order valence-corrected chi connectivity index (χ4v) is 4.68. The van der Waals surface area contributed by atoms with Crippen molar-refractivity contribution in [2.45, 2.75) is 58.4 Å². The number of aliphatic hydroxyl groups is 1. The summed E-state index contributed by atoms with van der Waals surface area (Å²) in [6.07, 6.45) is 2.57. The van der Waals surface area contributed by atoms with Gasteiger partial charge < -0.3 is 39.5 Å². The molecule has 0 spiro atoms. The highest BCUT2D eigenvalue weighted by Crippen LogP contribution is 2.30. The normalized spacial score (nSPS) is 12.8. The second-order valence-electron chi connectivity index (χ2n) is 11.3. The molecular weight excluding hydrogens is 585 g/mol. The van der Waals surface area contributed by atoms with Gasteiger partial charge in [-0.15, -0.1) is 0 Å². The van der Waals surface area contributed by atoms with Gasteiger partial charge in [0.2, 0.25) is 5.91 Å². The minimum absolute atomic E-state index is 0.0230. The molecule has 4 aromatic rings. The van der Waals surface area contributed by atoms with Crippen LogP contribution in [-0.2, 0) is 16.1 Å². The molecule has 4 rings (SSSR count).